The van der Waals surface area contributed by atoms with Crippen LogP contribution >= 0.6 is 0 Å². The Morgan fingerprint density at radius 1 is 1.26 bits per heavy atom. The van der Waals surface area contributed by atoms with Gasteiger partial charge in [0.15, 0.2) is 11.6 Å². The Hall–Kier alpha value is -2.46. The van der Waals surface area contributed by atoms with E-state index in [1.807, 2.05) is 37.3 Å². The van der Waals surface area contributed by atoms with Crippen molar-refractivity contribution in [2.24, 2.45) is 11.3 Å². The maximum atomic E-state index is 13.5. The van der Waals surface area contributed by atoms with Gasteiger partial charge in [-0.2, -0.15) is 0 Å². The molecule has 0 saturated carbocycles. The van der Waals surface area contributed by atoms with Crippen molar-refractivity contribution in [3.63, 3.8) is 0 Å². The number of ether oxygens (including phenoxy) is 1. The summed E-state index contributed by atoms with van der Waals surface area (Å²) in [5.74, 6) is -0.0430. The summed E-state index contributed by atoms with van der Waals surface area (Å²) in [4.78, 5) is 26.5. The number of ketones is 2. The number of hydrogen-bond acceptors (Lipinski definition) is 4. The van der Waals surface area contributed by atoms with Crippen LogP contribution in [0, 0.1) is 11.3 Å². The molecule has 0 bridgehead atoms. The third-order valence-electron chi connectivity index (χ3n) is 6.14. The van der Waals surface area contributed by atoms with E-state index in [0.29, 0.717) is 23.3 Å². The van der Waals surface area contributed by atoms with Crippen molar-refractivity contribution in [2.45, 2.75) is 33.1 Å². The molecule has 0 saturated heterocycles. The van der Waals surface area contributed by atoms with Gasteiger partial charge in [-0.3, -0.25) is 9.59 Å². The fourth-order valence-electron chi connectivity index (χ4n) is 4.56. The second kappa shape index (κ2) is 7.28. The molecule has 3 atom stereocenters. The van der Waals surface area contributed by atoms with Gasteiger partial charge in [0.2, 0.25) is 0 Å². The first-order valence-electron chi connectivity index (χ1n) is 9.29. The van der Waals surface area contributed by atoms with Crippen LogP contribution in [-0.2, 0) is 9.59 Å². The molecule has 3 unspecified atom stereocenters. The molecule has 142 valence electrons. The van der Waals surface area contributed by atoms with Crippen molar-refractivity contribution < 1.29 is 19.4 Å². The lowest BCUT2D eigenvalue weighted by molar-refractivity contribution is -0.138. The Bertz CT molecular complexity index is 861. The summed E-state index contributed by atoms with van der Waals surface area (Å²) in [6.45, 7) is 9.40. The van der Waals surface area contributed by atoms with Crippen molar-refractivity contribution >= 4 is 11.6 Å². The minimum Gasteiger partial charge on any atom is -0.491 e. The number of fused-ring (bicyclic) bond motifs is 1. The van der Waals surface area contributed by atoms with Crippen LogP contribution in [0.5, 0.6) is 5.75 Å². The predicted molar refractivity (Wildman–Crippen MR) is 105 cm³/mol. The second-order valence-corrected chi connectivity index (χ2v) is 7.47. The van der Waals surface area contributed by atoms with Crippen molar-refractivity contribution in [2.75, 3.05) is 13.2 Å². The van der Waals surface area contributed by atoms with Gasteiger partial charge >= 0.3 is 0 Å². The van der Waals surface area contributed by atoms with Crippen LogP contribution in [0.3, 0.4) is 0 Å². The summed E-state index contributed by atoms with van der Waals surface area (Å²) in [6, 6.07) is 7.53. The maximum Gasteiger partial charge on any atom is 0.166 e. The van der Waals surface area contributed by atoms with Crippen molar-refractivity contribution in [1.82, 2.24) is 0 Å². The monoisotopic (exact) mass is 366 g/mol. The summed E-state index contributed by atoms with van der Waals surface area (Å²) in [5, 5.41) is 9.15. The fraction of sp³-hybridized carbons (Fsp3) is 0.391. The number of para-hydroxylation sites is 1. The third kappa shape index (κ3) is 2.88. The number of Topliss-reactive ketones (excluding diaryl/α,β-unsaturated/α-hetero) is 2. The first-order chi connectivity index (χ1) is 12.9. The minimum absolute atomic E-state index is 0.0130. The number of carbonyl (C=O) groups excluding carboxylic acids is 2. The molecule has 2 aliphatic rings. The molecule has 1 aromatic carbocycles. The Morgan fingerprint density at radius 2 is 1.96 bits per heavy atom. The molecule has 0 aliphatic heterocycles. The molecular weight excluding hydrogens is 340 g/mol. The normalized spacial score (nSPS) is 27.9. The van der Waals surface area contributed by atoms with Crippen LogP contribution in [0.1, 0.15) is 38.7 Å². The van der Waals surface area contributed by atoms with E-state index in [2.05, 4.69) is 6.58 Å². The summed E-state index contributed by atoms with van der Waals surface area (Å²) in [5.41, 5.74) is 2.00. The molecule has 0 spiro atoms. The number of rotatable bonds is 5. The zero-order valence-corrected chi connectivity index (χ0v) is 16.1. The molecule has 0 aromatic heterocycles. The zero-order chi connectivity index (χ0) is 19.8. The molecule has 1 N–H and O–H groups in total. The van der Waals surface area contributed by atoms with E-state index in [1.54, 1.807) is 19.9 Å². The number of aliphatic hydroxyl groups excluding tert-OH is 1. The van der Waals surface area contributed by atoms with E-state index in [-0.39, 0.29) is 30.7 Å². The molecule has 0 heterocycles. The van der Waals surface area contributed by atoms with E-state index in [9.17, 15) is 9.59 Å². The van der Waals surface area contributed by atoms with Gasteiger partial charge in [0.05, 0.1) is 12.0 Å². The summed E-state index contributed by atoms with van der Waals surface area (Å²) in [6.07, 6.45) is 4.32. The lowest BCUT2D eigenvalue weighted by atomic mass is 9.52. The average Bonchev–Trinajstić information content (AvgIpc) is 2.69. The van der Waals surface area contributed by atoms with E-state index >= 15 is 0 Å². The van der Waals surface area contributed by atoms with Crippen LogP contribution in [0.15, 0.2) is 59.7 Å². The number of allylic oxidation sites excluding steroid dienone is 5. The van der Waals surface area contributed by atoms with Crippen molar-refractivity contribution in [3.8, 4) is 5.75 Å². The molecular formula is C23H26O4. The van der Waals surface area contributed by atoms with Gasteiger partial charge in [-0.1, -0.05) is 43.9 Å². The summed E-state index contributed by atoms with van der Waals surface area (Å²) >= 11 is 0. The molecule has 27 heavy (non-hydrogen) atoms. The predicted octanol–water partition coefficient (Wildman–Crippen LogP) is 3.77. The van der Waals surface area contributed by atoms with E-state index in [1.165, 1.54) is 0 Å². The summed E-state index contributed by atoms with van der Waals surface area (Å²) < 4.78 is 5.75. The molecule has 4 heteroatoms. The molecule has 2 aliphatic carbocycles. The van der Waals surface area contributed by atoms with Crippen molar-refractivity contribution in [3.05, 3.63) is 65.3 Å². The lowest BCUT2D eigenvalue weighted by Gasteiger charge is -2.48. The van der Waals surface area contributed by atoms with Gasteiger partial charge in [-0.05, 0) is 43.1 Å². The fourth-order valence-corrected chi connectivity index (χ4v) is 4.56. The second-order valence-electron chi connectivity index (χ2n) is 7.47. The van der Waals surface area contributed by atoms with Gasteiger partial charge < -0.3 is 9.84 Å². The first kappa shape index (κ1) is 19.3. The SMILES string of the molecule is C=CC1=CCC2C(=O)C(C)=C(C)C(=O)C2(C)C1c1ccccc1OCCO. The Balaban J connectivity index is 2.22. The van der Waals surface area contributed by atoms with Crippen LogP contribution in [0.25, 0.3) is 0 Å². The van der Waals surface area contributed by atoms with Gasteiger partial charge in [0.1, 0.15) is 12.4 Å². The van der Waals surface area contributed by atoms with Crippen LogP contribution in [-0.4, -0.2) is 29.9 Å². The zero-order valence-electron chi connectivity index (χ0n) is 16.1. The molecule has 4 nitrogen and oxygen atoms in total. The topological polar surface area (TPSA) is 63.6 Å². The third-order valence-corrected chi connectivity index (χ3v) is 6.14. The highest BCUT2D eigenvalue weighted by Crippen LogP contribution is 2.57. The average molecular weight is 366 g/mol. The standard InChI is InChI=1S/C23H26O4/c1-5-16-10-11-18-21(25)14(2)15(3)22(26)23(18,4)20(16)17-8-6-7-9-19(17)27-13-12-24/h5-10,18,20,24H,1,11-13H2,2-4H3. The van der Waals surface area contributed by atoms with Crippen molar-refractivity contribution in [1.29, 1.82) is 0 Å². The number of benzene rings is 1. The van der Waals surface area contributed by atoms with Gasteiger partial charge in [-0.15, -0.1) is 0 Å². The number of carbonyl (C=O) groups is 2. The van der Waals surface area contributed by atoms with E-state index < -0.39 is 11.3 Å². The molecule has 0 amide bonds. The largest absolute Gasteiger partial charge is 0.491 e. The van der Waals surface area contributed by atoms with Gasteiger partial charge in [-0.25, -0.2) is 0 Å². The van der Waals surface area contributed by atoms with E-state index in [0.717, 1.165) is 11.1 Å². The Labute approximate surface area is 160 Å². The Kier molecular flexibility index (Phi) is 5.20. The quantitative estimate of drug-likeness (QED) is 0.862. The molecule has 1 aromatic rings. The summed E-state index contributed by atoms with van der Waals surface area (Å²) in [7, 11) is 0. The highest BCUT2D eigenvalue weighted by Gasteiger charge is 2.56. The molecule has 0 fully saturated rings. The molecule has 3 rings (SSSR count). The highest BCUT2D eigenvalue weighted by atomic mass is 16.5. The van der Waals surface area contributed by atoms with E-state index in [4.69, 9.17) is 9.84 Å². The maximum absolute atomic E-state index is 13.5. The van der Waals surface area contributed by atoms with Crippen LogP contribution in [0.2, 0.25) is 0 Å². The lowest BCUT2D eigenvalue weighted by Crippen LogP contribution is -2.51. The van der Waals surface area contributed by atoms with Crippen LogP contribution in [0.4, 0.5) is 0 Å². The van der Waals surface area contributed by atoms with Gasteiger partial charge in [0, 0.05) is 17.4 Å². The van der Waals surface area contributed by atoms with Gasteiger partial charge in [0.25, 0.3) is 0 Å². The minimum atomic E-state index is -0.891. The number of hydrogen-bond donors (Lipinski definition) is 1. The smallest absolute Gasteiger partial charge is 0.166 e. The first-order valence-corrected chi connectivity index (χ1v) is 9.29. The molecule has 0 radical (unpaired) electrons. The Morgan fingerprint density at radius 3 is 2.63 bits per heavy atom. The number of aliphatic hydroxyl groups is 1. The van der Waals surface area contributed by atoms with Crippen LogP contribution < -0.4 is 4.74 Å². The highest BCUT2D eigenvalue weighted by molar-refractivity contribution is 6.15.